The zero-order chi connectivity index (χ0) is 36.4. The summed E-state index contributed by atoms with van der Waals surface area (Å²) in [5.74, 6) is -1.15. The van der Waals surface area contributed by atoms with Crippen molar-refractivity contribution in [3.63, 3.8) is 0 Å². The van der Waals surface area contributed by atoms with Gasteiger partial charge in [0.25, 0.3) is 21.8 Å². The molecule has 1 atom stereocenters. The smallest absolute Gasteiger partial charge is 0.435 e. The number of fused-ring (bicyclic) bond motifs is 1. The van der Waals surface area contributed by atoms with E-state index in [1.54, 1.807) is 41.1 Å². The number of amides is 3. The third-order valence-corrected chi connectivity index (χ3v) is 8.75. The lowest BCUT2D eigenvalue weighted by Gasteiger charge is -2.28. The molecular weight excluding hydrogens is 687 g/mol. The highest BCUT2D eigenvalue weighted by Gasteiger charge is 2.39. The van der Waals surface area contributed by atoms with E-state index in [1.807, 2.05) is 6.92 Å². The van der Waals surface area contributed by atoms with Crippen molar-refractivity contribution in [1.29, 1.82) is 0 Å². The Labute approximate surface area is 283 Å². The van der Waals surface area contributed by atoms with Gasteiger partial charge in [-0.05, 0) is 61.6 Å². The maximum Gasteiger partial charge on any atom is 0.435 e. The van der Waals surface area contributed by atoms with Gasteiger partial charge in [0.2, 0.25) is 0 Å². The molecule has 0 saturated carbocycles. The first-order valence-corrected chi connectivity index (χ1v) is 16.2. The summed E-state index contributed by atoms with van der Waals surface area (Å²) >= 11 is 0. The SMILES string of the molecule is Cc1ccc(-c2cc(C(F)(F)F)nn2-c2ccc(S(=O)(=O)NC(=O)OCCN(C)N(O)NOC(C)N3C(=O)c4ccccc4C3=O)cc2)cc1. The largest absolute Gasteiger partial charge is 0.447 e. The van der Waals surface area contributed by atoms with Crippen molar-refractivity contribution < 1.29 is 50.8 Å². The second kappa shape index (κ2) is 14.4. The van der Waals surface area contributed by atoms with Gasteiger partial charge in [-0.25, -0.2) is 32.5 Å². The number of nitrogens with one attached hydrogen (secondary N) is 2. The van der Waals surface area contributed by atoms with Crippen LogP contribution >= 0.6 is 0 Å². The number of alkyl halides is 3. The predicted octanol–water partition coefficient (Wildman–Crippen LogP) is 3.90. The zero-order valence-corrected chi connectivity index (χ0v) is 27.4. The summed E-state index contributed by atoms with van der Waals surface area (Å²) in [6, 6.07) is 18.5. The third kappa shape index (κ3) is 7.83. The number of halogens is 3. The number of rotatable bonds is 12. The van der Waals surface area contributed by atoms with Crippen LogP contribution in [0.3, 0.4) is 0 Å². The molecule has 0 radical (unpaired) electrons. The number of sulfonamides is 1. The Morgan fingerprint density at radius 2 is 1.60 bits per heavy atom. The number of ether oxygens (including phenoxy) is 1. The van der Waals surface area contributed by atoms with Gasteiger partial charge in [-0.3, -0.25) is 19.6 Å². The van der Waals surface area contributed by atoms with E-state index in [2.05, 4.69) is 10.7 Å². The molecule has 5 rings (SSSR count). The molecule has 19 heteroatoms. The first-order valence-electron chi connectivity index (χ1n) is 14.7. The van der Waals surface area contributed by atoms with E-state index < -0.39 is 52.6 Å². The second-order valence-electron chi connectivity index (χ2n) is 10.9. The fourth-order valence-corrected chi connectivity index (χ4v) is 5.65. The molecule has 0 saturated heterocycles. The van der Waals surface area contributed by atoms with Gasteiger partial charge in [-0.1, -0.05) is 47.6 Å². The lowest BCUT2D eigenvalue weighted by Crippen LogP contribution is -2.52. The summed E-state index contributed by atoms with van der Waals surface area (Å²) in [7, 11) is -3.13. The molecule has 0 fully saturated rings. The summed E-state index contributed by atoms with van der Waals surface area (Å²) in [6.07, 6.45) is -7.21. The van der Waals surface area contributed by atoms with Crippen LogP contribution in [0.4, 0.5) is 18.0 Å². The molecule has 1 aromatic heterocycles. The molecule has 3 amide bonds. The lowest BCUT2D eigenvalue weighted by molar-refractivity contribution is -0.350. The molecule has 1 unspecified atom stereocenters. The van der Waals surface area contributed by atoms with E-state index in [0.717, 1.165) is 38.4 Å². The number of imide groups is 1. The van der Waals surface area contributed by atoms with Crippen molar-refractivity contribution in [2.75, 3.05) is 20.2 Å². The number of aromatic nitrogens is 2. The molecule has 3 aromatic carbocycles. The molecule has 0 bridgehead atoms. The highest BCUT2D eigenvalue weighted by atomic mass is 32.2. The van der Waals surface area contributed by atoms with Gasteiger partial charge in [0.05, 0.1) is 33.9 Å². The third-order valence-electron chi connectivity index (χ3n) is 7.42. The highest BCUT2D eigenvalue weighted by Crippen LogP contribution is 2.33. The van der Waals surface area contributed by atoms with Crippen LogP contribution in [0, 0.1) is 6.92 Å². The molecule has 0 spiro atoms. The Kier molecular flexibility index (Phi) is 10.4. The quantitative estimate of drug-likeness (QED) is 0.143. The highest BCUT2D eigenvalue weighted by molar-refractivity contribution is 7.90. The maximum absolute atomic E-state index is 13.5. The van der Waals surface area contributed by atoms with Crippen LogP contribution in [0.25, 0.3) is 16.9 Å². The minimum Gasteiger partial charge on any atom is -0.447 e. The number of carbonyl (C=O) groups is 3. The van der Waals surface area contributed by atoms with Gasteiger partial charge in [-0.15, -0.1) is 0 Å². The second-order valence-corrected chi connectivity index (χ2v) is 12.6. The van der Waals surface area contributed by atoms with Gasteiger partial charge in [-0.2, -0.15) is 18.3 Å². The van der Waals surface area contributed by atoms with Gasteiger partial charge in [0.15, 0.2) is 11.9 Å². The van der Waals surface area contributed by atoms with Crippen molar-refractivity contribution >= 4 is 27.9 Å². The standard InChI is InChI=1S/C31H30F3N7O8S/c1-19-8-10-21(11-9-19)26-18-27(31(32,33)34)35-40(26)22-12-14-23(15-13-22)50(46,47)36-30(44)48-17-16-38(3)41(45)37-49-20(2)39-28(42)24-6-4-5-7-25(24)29(39)43/h4-15,18,20,37,45H,16-17H2,1-3H3,(H,36,44). The molecule has 15 nitrogen and oxygen atoms in total. The number of hydrazine groups is 2. The Hall–Kier alpha value is -5.18. The Morgan fingerprint density at radius 1 is 1.00 bits per heavy atom. The van der Waals surface area contributed by atoms with Gasteiger partial charge in [0, 0.05) is 12.6 Å². The van der Waals surface area contributed by atoms with Crippen LogP contribution in [0.5, 0.6) is 0 Å². The molecule has 1 aliphatic rings. The molecule has 50 heavy (non-hydrogen) atoms. The van der Waals surface area contributed by atoms with E-state index in [1.165, 1.54) is 38.2 Å². The maximum atomic E-state index is 13.5. The van der Waals surface area contributed by atoms with E-state index >= 15 is 0 Å². The Balaban J connectivity index is 1.13. The monoisotopic (exact) mass is 717 g/mol. The van der Waals surface area contributed by atoms with Gasteiger partial charge < -0.3 is 4.74 Å². The van der Waals surface area contributed by atoms with Crippen LogP contribution in [0.15, 0.2) is 83.8 Å². The number of hydrogen-bond acceptors (Lipinski definition) is 12. The van der Waals surface area contributed by atoms with Crippen LogP contribution < -0.4 is 10.3 Å². The molecule has 2 heterocycles. The number of nitrogens with zero attached hydrogens (tertiary/aromatic N) is 5. The van der Waals surface area contributed by atoms with Crippen molar-refractivity contribution in [2.24, 2.45) is 0 Å². The summed E-state index contributed by atoms with van der Waals surface area (Å²) in [4.78, 5) is 43.1. The first kappa shape index (κ1) is 36.1. The number of likely N-dealkylation sites (N-methyl/N-ethyl adjacent to an activating group) is 1. The molecule has 4 aromatic rings. The fourth-order valence-electron chi connectivity index (χ4n) is 4.76. The lowest BCUT2D eigenvalue weighted by atomic mass is 10.1. The van der Waals surface area contributed by atoms with Crippen LogP contribution in [0.1, 0.15) is 38.9 Å². The summed E-state index contributed by atoms with van der Waals surface area (Å²) in [5, 5.41) is 15.3. The van der Waals surface area contributed by atoms with Gasteiger partial charge in [0.1, 0.15) is 6.61 Å². The molecular formula is C31H30F3N7O8S. The first-order chi connectivity index (χ1) is 23.6. The van der Waals surface area contributed by atoms with E-state index in [4.69, 9.17) is 9.57 Å². The number of aryl methyl sites for hydroxylation is 1. The van der Waals surface area contributed by atoms with E-state index in [9.17, 15) is 41.2 Å². The average Bonchev–Trinajstić information content (AvgIpc) is 3.63. The minimum atomic E-state index is -4.73. The number of carbonyl (C=O) groups excluding carboxylic acids is 3. The van der Waals surface area contributed by atoms with Crippen molar-refractivity contribution in [3.8, 4) is 16.9 Å². The zero-order valence-electron chi connectivity index (χ0n) is 26.6. The predicted molar refractivity (Wildman–Crippen MR) is 167 cm³/mol. The van der Waals surface area contributed by atoms with E-state index in [-0.39, 0.29) is 33.9 Å². The summed E-state index contributed by atoms with van der Waals surface area (Å²) in [5.41, 5.74) is 3.02. The van der Waals surface area contributed by atoms with Crippen LogP contribution in [-0.2, 0) is 25.8 Å². The topological polar surface area (TPSA) is 176 Å². The Morgan fingerprint density at radius 3 is 2.18 bits per heavy atom. The fraction of sp³-hybridized carbons (Fsp3) is 0.226. The molecule has 3 N–H and O–H groups in total. The summed E-state index contributed by atoms with van der Waals surface area (Å²) < 4.78 is 73.8. The number of benzene rings is 3. The average molecular weight is 718 g/mol. The Bertz CT molecular complexity index is 1970. The van der Waals surface area contributed by atoms with Crippen LogP contribution in [0.2, 0.25) is 0 Å². The van der Waals surface area contributed by atoms with E-state index in [0.29, 0.717) is 10.8 Å². The molecule has 0 aliphatic carbocycles. The molecule has 264 valence electrons. The number of hydrogen-bond donors (Lipinski definition) is 3. The van der Waals surface area contributed by atoms with Crippen molar-refractivity contribution in [3.05, 3.63) is 101 Å². The summed E-state index contributed by atoms with van der Waals surface area (Å²) in [6.45, 7) is 2.61. The molecule has 1 aliphatic heterocycles. The van der Waals surface area contributed by atoms with Crippen LogP contribution in [-0.4, -0.2) is 82.9 Å². The van der Waals surface area contributed by atoms with Crippen molar-refractivity contribution in [1.82, 2.24) is 35.3 Å². The minimum absolute atomic E-state index is 0.125. The normalized spacial score (nSPS) is 14.0. The van der Waals surface area contributed by atoms with Crippen molar-refractivity contribution in [2.45, 2.75) is 31.1 Å². The van der Waals surface area contributed by atoms with Gasteiger partial charge >= 0.3 is 12.3 Å².